The number of allylic oxidation sites excluding steroid dienone is 1. The van der Waals surface area contributed by atoms with E-state index >= 15 is 0 Å². The summed E-state index contributed by atoms with van der Waals surface area (Å²) in [4.78, 5) is 4.62. The van der Waals surface area contributed by atoms with Gasteiger partial charge in [0.25, 0.3) is 0 Å². The van der Waals surface area contributed by atoms with Crippen LogP contribution in [-0.2, 0) is 6.42 Å². The Kier molecular flexibility index (Phi) is 5.64. The topological polar surface area (TPSA) is 15.4 Å². The summed E-state index contributed by atoms with van der Waals surface area (Å²) in [5.41, 5.74) is 6.71. The maximum atomic E-state index is 4.62. The third kappa shape index (κ3) is 4.26. The molecule has 0 fully saturated rings. The number of hydrogen-bond donors (Lipinski definition) is 0. The van der Waals surface area contributed by atoms with E-state index in [1.54, 1.807) is 0 Å². The van der Waals surface area contributed by atoms with Crippen LogP contribution in [0.1, 0.15) is 37.5 Å². The normalized spacial score (nSPS) is 10.9. The smallest absolute Gasteiger partial charge is 0.205 e. The molecule has 118 valence electrons. The van der Waals surface area contributed by atoms with E-state index in [4.69, 9.17) is 0 Å². The lowest BCUT2D eigenvalue weighted by molar-refractivity contribution is -0.426. The summed E-state index contributed by atoms with van der Waals surface area (Å²) in [6, 6.07) is 14.6. The average Bonchev–Trinajstić information content (AvgIpc) is 2.59. The average molecular weight is 305 g/mol. The molecule has 0 unspecified atom stereocenters. The molecule has 0 aliphatic carbocycles. The van der Waals surface area contributed by atoms with Crippen LogP contribution in [0.5, 0.6) is 0 Å². The summed E-state index contributed by atoms with van der Waals surface area (Å²) < 4.78 is 1.96. The van der Waals surface area contributed by atoms with Gasteiger partial charge in [0.2, 0.25) is 5.69 Å². The van der Waals surface area contributed by atoms with E-state index in [1.165, 1.54) is 11.1 Å². The lowest BCUT2D eigenvalue weighted by Crippen LogP contribution is -2.00. The second-order valence-corrected chi connectivity index (χ2v) is 5.68. The second-order valence-electron chi connectivity index (χ2n) is 5.68. The van der Waals surface area contributed by atoms with Crippen LogP contribution < -0.4 is 0 Å². The van der Waals surface area contributed by atoms with Crippen molar-refractivity contribution in [1.29, 1.82) is 0 Å². The molecule has 0 N–H and O–H groups in total. The van der Waals surface area contributed by atoms with Crippen molar-refractivity contribution in [2.24, 2.45) is 4.99 Å². The molecule has 0 saturated heterocycles. The van der Waals surface area contributed by atoms with Gasteiger partial charge < -0.3 is 0 Å². The van der Waals surface area contributed by atoms with Gasteiger partial charge in [-0.1, -0.05) is 37.3 Å². The molecular weight excluding hydrogens is 280 g/mol. The Bertz CT molecular complexity index is 754. The second kappa shape index (κ2) is 7.68. The molecule has 0 aromatic heterocycles. The van der Waals surface area contributed by atoms with E-state index < -0.39 is 0 Å². The molecule has 0 spiro atoms. The molecule has 0 aliphatic heterocycles. The summed E-state index contributed by atoms with van der Waals surface area (Å²) in [6.45, 7) is 15.2. The van der Waals surface area contributed by atoms with Crippen molar-refractivity contribution in [3.8, 4) is 0 Å². The minimum Gasteiger partial charge on any atom is -0.256 e. The summed E-state index contributed by atoms with van der Waals surface area (Å²) >= 11 is 0. The van der Waals surface area contributed by atoms with Gasteiger partial charge in [0, 0.05) is 18.3 Å². The lowest BCUT2D eigenvalue weighted by Gasteiger charge is -2.08. The molecule has 0 bridgehead atoms. The predicted octanol–water partition coefficient (Wildman–Crippen LogP) is 5.40. The van der Waals surface area contributed by atoms with Crippen molar-refractivity contribution in [2.75, 3.05) is 6.54 Å². The molecule has 0 radical (unpaired) electrons. The highest BCUT2D eigenvalue weighted by atomic mass is 15.0. The Balaban J connectivity index is 2.28. The zero-order valence-electron chi connectivity index (χ0n) is 14.3. The fraction of sp³-hybridized carbons (Fsp3) is 0.238. The molecule has 0 aliphatic rings. The molecule has 2 aromatic carbocycles. The number of benzene rings is 2. The van der Waals surface area contributed by atoms with Gasteiger partial charge in [-0.3, -0.25) is 4.99 Å². The van der Waals surface area contributed by atoms with Gasteiger partial charge in [0.15, 0.2) is 0 Å². The summed E-state index contributed by atoms with van der Waals surface area (Å²) in [5.74, 6) is 0. The zero-order valence-corrected chi connectivity index (χ0v) is 14.3. The first-order valence-electron chi connectivity index (χ1n) is 8.06. The summed E-state index contributed by atoms with van der Waals surface area (Å²) in [5, 5.41) is 0. The van der Waals surface area contributed by atoms with Crippen LogP contribution in [0.4, 0.5) is 11.4 Å². The first-order chi connectivity index (χ1) is 11.0. The van der Waals surface area contributed by atoms with E-state index in [9.17, 15) is 0 Å². The van der Waals surface area contributed by atoms with Gasteiger partial charge in [-0.2, -0.15) is 0 Å². The molecular formula is C21H25N2+. The van der Waals surface area contributed by atoms with Gasteiger partial charge in [-0.25, -0.2) is 4.58 Å². The highest BCUT2D eigenvalue weighted by molar-refractivity contribution is 5.83. The van der Waals surface area contributed by atoms with Crippen molar-refractivity contribution in [3.05, 3.63) is 65.7 Å². The molecule has 2 heteroatoms. The zero-order chi connectivity index (χ0) is 16.8. The summed E-state index contributed by atoms with van der Waals surface area (Å²) in [7, 11) is 0. The Hall–Kier alpha value is -2.48. The van der Waals surface area contributed by atoms with E-state index in [1.807, 2.05) is 23.8 Å². The van der Waals surface area contributed by atoms with Crippen molar-refractivity contribution in [1.82, 2.24) is 0 Å². The minimum atomic E-state index is 0.876. The van der Waals surface area contributed by atoms with Crippen molar-refractivity contribution < 1.29 is 4.58 Å². The van der Waals surface area contributed by atoms with Gasteiger partial charge in [-0.05, 0) is 49.1 Å². The first kappa shape index (κ1) is 16.9. The molecule has 0 saturated carbocycles. The quantitative estimate of drug-likeness (QED) is 0.502. The molecule has 23 heavy (non-hydrogen) atoms. The van der Waals surface area contributed by atoms with Gasteiger partial charge in [0.1, 0.15) is 13.3 Å². The standard InChI is InChI=1S/C21H25N2/c1-6-18-11-12-19(14-21(18)16(3)4)22-15-17-9-8-10-20(13-17)23(5)7-2/h8-15H,3,5-7H2,1-2,4H3/q+1. The Morgan fingerprint density at radius 2 is 1.96 bits per heavy atom. The van der Waals surface area contributed by atoms with Gasteiger partial charge >= 0.3 is 0 Å². The van der Waals surface area contributed by atoms with E-state index in [-0.39, 0.29) is 0 Å². The Morgan fingerprint density at radius 1 is 1.17 bits per heavy atom. The number of nitrogens with zero attached hydrogens (tertiary/aromatic N) is 2. The van der Waals surface area contributed by atoms with Crippen molar-refractivity contribution in [2.45, 2.75) is 27.2 Å². The van der Waals surface area contributed by atoms with E-state index in [0.717, 1.165) is 35.5 Å². The first-order valence-corrected chi connectivity index (χ1v) is 8.06. The number of aryl methyl sites for hydroxylation is 1. The van der Waals surface area contributed by atoms with E-state index in [0.29, 0.717) is 0 Å². The number of rotatable bonds is 6. The largest absolute Gasteiger partial charge is 0.256 e. The SMILES string of the molecule is C=C(C)c1cc(N=Cc2cccc([N+](=C)CC)c2)ccc1CC. The van der Waals surface area contributed by atoms with Crippen LogP contribution in [0.15, 0.2) is 54.0 Å². The summed E-state index contributed by atoms with van der Waals surface area (Å²) in [6.07, 6.45) is 2.90. The van der Waals surface area contributed by atoms with Gasteiger partial charge in [-0.15, -0.1) is 0 Å². The molecule has 0 heterocycles. The van der Waals surface area contributed by atoms with Crippen molar-refractivity contribution >= 4 is 29.9 Å². The van der Waals surface area contributed by atoms with Crippen molar-refractivity contribution in [3.63, 3.8) is 0 Å². The number of aliphatic imine (C=N–C) groups is 1. The molecule has 0 amide bonds. The maximum absolute atomic E-state index is 4.62. The minimum absolute atomic E-state index is 0.876. The van der Waals surface area contributed by atoms with Crippen LogP contribution >= 0.6 is 0 Å². The Labute approximate surface area is 139 Å². The molecule has 2 nitrogen and oxygen atoms in total. The Morgan fingerprint density at radius 3 is 2.61 bits per heavy atom. The highest BCUT2D eigenvalue weighted by Crippen LogP contribution is 2.24. The monoisotopic (exact) mass is 305 g/mol. The third-order valence-corrected chi connectivity index (χ3v) is 3.91. The molecule has 0 atom stereocenters. The molecule has 2 aromatic rings. The van der Waals surface area contributed by atoms with Crippen LogP contribution in [0.3, 0.4) is 0 Å². The van der Waals surface area contributed by atoms with Gasteiger partial charge in [0.05, 0.1) is 5.69 Å². The van der Waals surface area contributed by atoms with Crippen LogP contribution in [0.25, 0.3) is 5.57 Å². The predicted molar refractivity (Wildman–Crippen MR) is 102 cm³/mol. The van der Waals surface area contributed by atoms with Crippen LogP contribution in [0, 0.1) is 0 Å². The highest BCUT2D eigenvalue weighted by Gasteiger charge is 2.04. The fourth-order valence-electron chi connectivity index (χ4n) is 2.48. The maximum Gasteiger partial charge on any atom is 0.205 e. The number of hydrogen-bond acceptors (Lipinski definition) is 1. The fourth-order valence-corrected chi connectivity index (χ4v) is 2.48. The third-order valence-electron chi connectivity index (χ3n) is 3.91. The van der Waals surface area contributed by atoms with Crippen LogP contribution in [-0.4, -0.2) is 24.1 Å². The molecule has 2 rings (SSSR count). The lowest BCUT2D eigenvalue weighted by atomic mass is 9.99. The van der Waals surface area contributed by atoms with E-state index in [2.05, 4.69) is 68.5 Å². The van der Waals surface area contributed by atoms with Crippen LogP contribution in [0.2, 0.25) is 0 Å².